The topological polar surface area (TPSA) is 86.8 Å². The van der Waals surface area contributed by atoms with Gasteiger partial charge in [0.15, 0.2) is 0 Å². The van der Waals surface area contributed by atoms with Crippen LogP contribution in [0.25, 0.3) is 0 Å². The summed E-state index contributed by atoms with van der Waals surface area (Å²) in [7, 11) is -4.28. The molecule has 2 amide bonds. The molecule has 0 aliphatic heterocycles. The molecular weight excluding hydrogens is 576 g/mol. The Balaban J connectivity index is 2.08. The minimum absolute atomic E-state index is 0.0187. The maximum absolute atomic E-state index is 14.0. The fraction of sp³-hybridized carbons (Fsp3) is 0.310. The van der Waals surface area contributed by atoms with Gasteiger partial charge in [0.05, 0.1) is 20.6 Å². The second-order valence-electron chi connectivity index (χ2n) is 9.29. The van der Waals surface area contributed by atoms with E-state index in [9.17, 15) is 22.4 Å². The summed E-state index contributed by atoms with van der Waals surface area (Å²) < 4.78 is 42.2. The third-order valence-electron chi connectivity index (χ3n) is 6.46. The Morgan fingerprint density at radius 3 is 2.17 bits per heavy atom. The molecule has 11 heteroatoms. The van der Waals surface area contributed by atoms with Crippen molar-refractivity contribution in [2.75, 3.05) is 10.8 Å². The first kappa shape index (κ1) is 31.4. The maximum atomic E-state index is 14.0. The molecule has 2 atom stereocenters. The summed E-state index contributed by atoms with van der Waals surface area (Å²) in [5.41, 5.74) is 0.591. The maximum Gasteiger partial charge on any atom is 0.264 e. The van der Waals surface area contributed by atoms with Crippen molar-refractivity contribution in [2.24, 2.45) is 0 Å². The molecule has 3 aromatic carbocycles. The van der Waals surface area contributed by atoms with E-state index in [0.717, 1.165) is 4.31 Å². The van der Waals surface area contributed by atoms with Crippen molar-refractivity contribution in [3.8, 4) is 0 Å². The van der Waals surface area contributed by atoms with Crippen molar-refractivity contribution in [1.82, 2.24) is 10.2 Å². The average Bonchev–Trinajstić information content (AvgIpc) is 2.94. The van der Waals surface area contributed by atoms with Gasteiger partial charge in [0.1, 0.15) is 18.4 Å². The van der Waals surface area contributed by atoms with Gasteiger partial charge in [0.2, 0.25) is 11.8 Å². The van der Waals surface area contributed by atoms with Crippen molar-refractivity contribution in [1.29, 1.82) is 0 Å². The van der Waals surface area contributed by atoms with Crippen molar-refractivity contribution >= 4 is 50.7 Å². The molecule has 0 saturated carbocycles. The van der Waals surface area contributed by atoms with Crippen LogP contribution >= 0.6 is 23.2 Å². The molecule has 1 N–H and O–H groups in total. The molecule has 7 nitrogen and oxygen atoms in total. The Bertz CT molecular complexity index is 1420. The van der Waals surface area contributed by atoms with Gasteiger partial charge in [-0.3, -0.25) is 13.9 Å². The molecule has 0 aliphatic rings. The minimum atomic E-state index is -4.28. The highest BCUT2D eigenvalue weighted by Crippen LogP contribution is 2.35. The molecule has 0 spiro atoms. The Morgan fingerprint density at radius 1 is 0.925 bits per heavy atom. The molecule has 0 aromatic heterocycles. The van der Waals surface area contributed by atoms with Crippen molar-refractivity contribution in [3.05, 3.63) is 94.2 Å². The number of hydrogen-bond donors (Lipinski definition) is 1. The van der Waals surface area contributed by atoms with Crippen molar-refractivity contribution in [3.63, 3.8) is 0 Å². The molecule has 0 radical (unpaired) electrons. The SMILES string of the molecule is CC[C@H](C)NC(=O)[C@H](CC)N(Cc1ccc(F)cc1)C(=O)CN(c1cccc(Cl)c1Cl)S(=O)(=O)c1ccccc1. The van der Waals surface area contributed by atoms with Gasteiger partial charge in [-0.1, -0.05) is 73.4 Å². The van der Waals surface area contributed by atoms with Gasteiger partial charge in [0, 0.05) is 12.6 Å². The number of carbonyl (C=O) groups is 2. The van der Waals surface area contributed by atoms with E-state index in [1.165, 1.54) is 59.5 Å². The summed E-state index contributed by atoms with van der Waals surface area (Å²) in [6, 6.07) is 16.6. The summed E-state index contributed by atoms with van der Waals surface area (Å²) in [6.45, 7) is 4.83. The van der Waals surface area contributed by atoms with Crippen LogP contribution in [-0.4, -0.2) is 43.8 Å². The monoisotopic (exact) mass is 607 g/mol. The number of benzene rings is 3. The normalized spacial score (nSPS) is 12.8. The van der Waals surface area contributed by atoms with Crippen LogP contribution in [-0.2, 0) is 26.2 Å². The van der Waals surface area contributed by atoms with Crippen LogP contribution in [0.15, 0.2) is 77.7 Å². The van der Waals surface area contributed by atoms with Crippen LogP contribution < -0.4 is 9.62 Å². The number of nitrogens with zero attached hydrogens (tertiary/aromatic N) is 2. The van der Waals surface area contributed by atoms with E-state index in [2.05, 4.69) is 5.32 Å². The molecule has 0 unspecified atom stereocenters. The third-order valence-corrected chi connectivity index (χ3v) is 9.05. The second-order valence-corrected chi connectivity index (χ2v) is 11.9. The summed E-state index contributed by atoms with van der Waals surface area (Å²) in [5.74, 6) is -1.46. The van der Waals surface area contributed by atoms with Gasteiger partial charge in [-0.05, 0) is 61.7 Å². The zero-order valence-electron chi connectivity index (χ0n) is 22.5. The summed E-state index contributed by atoms with van der Waals surface area (Å²) in [5, 5.41) is 2.98. The summed E-state index contributed by atoms with van der Waals surface area (Å²) in [4.78, 5) is 28.6. The van der Waals surface area contributed by atoms with Gasteiger partial charge in [-0.15, -0.1) is 0 Å². The predicted molar refractivity (Wildman–Crippen MR) is 156 cm³/mol. The smallest absolute Gasteiger partial charge is 0.264 e. The fourth-order valence-electron chi connectivity index (χ4n) is 4.07. The highest BCUT2D eigenvalue weighted by Gasteiger charge is 2.34. The lowest BCUT2D eigenvalue weighted by atomic mass is 10.1. The number of hydrogen-bond acceptors (Lipinski definition) is 4. The lowest BCUT2D eigenvalue weighted by Crippen LogP contribution is -2.53. The van der Waals surface area contributed by atoms with Gasteiger partial charge in [0.25, 0.3) is 10.0 Å². The highest BCUT2D eigenvalue weighted by atomic mass is 35.5. The number of halogens is 3. The van der Waals surface area contributed by atoms with Crippen LogP contribution in [0.5, 0.6) is 0 Å². The quantitative estimate of drug-likeness (QED) is 0.271. The zero-order valence-corrected chi connectivity index (χ0v) is 24.8. The number of amides is 2. The zero-order chi connectivity index (χ0) is 29.4. The Kier molecular flexibility index (Phi) is 11.0. The first-order valence-electron chi connectivity index (χ1n) is 12.9. The fourth-order valence-corrected chi connectivity index (χ4v) is 5.96. The van der Waals surface area contributed by atoms with Crippen molar-refractivity contribution in [2.45, 2.75) is 57.1 Å². The van der Waals surface area contributed by atoms with E-state index < -0.39 is 34.3 Å². The minimum Gasteiger partial charge on any atom is -0.352 e. The standard InChI is InChI=1S/C29H32Cl2FN3O4S/c1-4-20(3)33-29(37)25(5-2)34(18-21-14-16-22(32)17-15-21)27(36)19-35(26-13-9-12-24(30)28(26)31)40(38,39)23-10-7-6-8-11-23/h6-17,20,25H,4-5,18-19H2,1-3H3,(H,33,37)/t20-,25-/m0/s1. The number of sulfonamides is 1. The van der Waals surface area contributed by atoms with Gasteiger partial charge >= 0.3 is 0 Å². The predicted octanol–water partition coefficient (Wildman–Crippen LogP) is 6.05. The largest absolute Gasteiger partial charge is 0.352 e. The van der Waals surface area contributed by atoms with E-state index in [1.54, 1.807) is 25.1 Å². The van der Waals surface area contributed by atoms with Crippen LogP contribution in [0, 0.1) is 5.82 Å². The van der Waals surface area contributed by atoms with E-state index in [4.69, 9.17) is 23.2 Å². The summed E-state index contributed by atoms with van der Waals surface area (Å²) in [6.07, 6.45) is 0.947. The average molecular weight is 609 g/mol. The van der Waals surface area contributed by atoms with Gasteiger partial charge in [-0.25, -0.2) is 12.8 Å². The molecule has 40 heavy (non-hydrogen) atoms. The van der Waals surface area contributed by atoms with Crippen LogP contribution in [0.1, 0.15) is 39.2 Å². The highest BCUT2D eigenvalue weighted by molar-refractivity contribution is 7.92. The number of carbonyl (C=O) groups excluding carboxylic acids is 2. The summed E-state index contributed by atoms with van der Waals surface area (Å²) >= 11 is 12.7. The Labute approximate surface area is 244 Å². The number of rotatable bonds is 12. The lowest BCUT2D eigenvalue weighted by Gasteiger charge is -2.34. The Hall–Kier alpha value is -3.14. The van der Waals surface area contributed by atoms with Crippen LogP contribution in [0.2, 0.25) is 10.0 Å². The van der Waals surface area contributed by atoms with Crippen molar-refractivity contribution < 1.29 is 22.4 Å². The molecule has 0 heterocycles. The molecule has 0 saturated heterocycles. The molecule has 0 bridgehead atoms. The molecule has 3 rings (SSSR count). The lowest BCUT2D eigenvalue weighted by molar-refractivity contribution is -0.140. The van der Waals surface area contributed by atoms with E-state index in [-0.39, 0.29) is 45.5 Å². The second kappa shape index (κ2) is 14.0. The molecule has 214 valence electrons. The number of nitrogens with one attached hydrogen (secondary N) is 1. The Morgan fingerprint density at radius 2 is 1.57 bits per heavy atom. The van der Waals surface area contributed by atoms with Crippen LogP contribution in [0.4, 0.5) is 10.1 Å². The van der Waals surface area contributed by atoms with E-state index in [1.807, 2.05) is 13.8 Å². The first-order valence-corrected chi connectivity index (χ1v) is 15.0. The molecule has 0 aliphatic carbocycles. The van der Waals surface area contributed by atoms with Gasteiger partial charge in [-0.2, -0.15) is 0 Å². The van der Waals surface area contributed by atoms with E-state index >= 15 is 0 Å². The van der Waals surface area contributed by atoms with Crippen LogP contribution in [0.3, 0.4) is 0 Å². The molecule has 0 fully saturated rings. The molecular formula is C29H32Cl2FN3O4S. The number of anilines is 1. The molecule has 3 aromatic rings. The first-order chi connectivity index (χ1) is 19.0. The van der Waals surface area contributed by atoms with E-state index in [0.29, 0.717) is 12.0 Å². The van der Waals surface area contributed by atoms with Gasteiger partial charge < -0.3 is 10.2 Å². The third kappa shape index (κ3) is 7.53.